The number of nitrogens with zero attached hydrogens (tertiary/aromatic N) is 1. The number of alkyl carbamates (subject to hydrolysis) is 1. The van der Waals surface area contributed by atoms with Crippen molar-refractivity contribution >= 4 is 18.0 Å². The van der Waals surface area contributed by atoms with E-state index in [4.69, 9.17) is 9.84 Å². The third-order valence-electron chi connectivity index (χ3n) is 3.24. The second-order valence-corrected chi connectivity index (χ2v) is 6.46. The summed E-state index contributed by atoms with van der Waals surface area (Å²) < 4.78 is 5.10. The Labute approximate surface area is 135 Å². The van der Waals surface area contributed by atoms with Gasteiger partial charge in [-0.2, -0.15) is 0 Å². The summed E-state index contributed by atoms with van der Waals surface area (Å²) in [6.07, 6.45) is -0.136. The molecule has 1 heterocycles. The summed E-state index contributed by atoms with van der Waals surface area (Å²) in [7, 11) is 0. The van der Waals surface area contributed by atoms with Gasteiger partial charge in [0.1, 0.15) is 17.7 Å². The number of carboxylic acid groups (broad SMARTS) is 1. The van der Waals surface area contributed by atoms with E-state index in [0.29, 0.717) is 0 Å². The first-order valence-electron chi connectivity index (χ1n) is 7.37. The van der Waals surface area contributed by atoms with Crippen molar-refractivity contribution in [3.63, 3.8) is 0 Å². The number of carbonyl (C=O) groups excluding carboxylic acids is 2. The maximum Gasteiger partial charge on any atom is 0.408 e. The number of aliphatic hydroxyl groups is 1. The highest BCUT2D eigenvalue weighted by molar-refractivity contribution is 5.90. The number of hydrogen-bond acceptors (Lipinski definition) is 5. The summed E-state index contributed by atoms with van der Waals surface area (Å²) in [4.78, 5) is 36.7. The third kappa shape index (κ3) is 5.55. The van der Waals surface area contributed by atoms with E-state index in [2.05, 4.69) is 11.9 Å². The van der Waals surface area contributed by atoms with Gasteiger partial charge in [0.15, 0.2) is 0 Å². The van der Waals surface area contributed by atoms with E-state index in [0.717, 1.165) is 4.90 Å². The summed E-state index contributed by atoms with van der Waals surface area (Å²) in [5.74, 6) is -1.77. The van der Waals surface area contributed by atoms with Crippen molar-refractivity contribution in [2.75, 3.05) is 6.54 Å². The molecule has 1 rings (SSSR count). The molecule has 8 nitrogen and oxygen atoms in total. The first-order valence-corrected chi connectivity index (χ1v) is 7.37. The summed E-state index contributed by atoms with van der Waals surface area (Å²) in [6.45, 7) is 8.51. The van der Waals surface area contributed by atoms with Crippen LogP contribution in [0.4, 0.5) is 4.79 Å². The molecule has 0 spiro atoms. The zero-order valence-corrected chi connectivity index (χ0v) is 13.6. The van der Waals surface area contributed by atoms with Gasteiger partial charge in [0.25, 0.3) is 0 Å². The maximum atomic E-state index is 12.5. The summed E-state index contributed by atoms with van der Waals surface area (Å²) in [5, 5.41) is 21.2. The van der Waals surface area contributed by atoms with Crippen LogP contribution >= 0.6 is 0 Å². The molecule has 0 aromatic heterocycles. The summed E-state index contributed by atoms with van der Waals surface area (Å²) in [5.41, 5.74) is -0.723. The molecule has 0 radical (unpaired) electrons. The fourth-order valence-corrected chi connectivity index (χ4v) is 2.33. The van der Waals surface area contributed by atoms with Crippen LogP contribution in [0.5, 0.6) is 0 Å². The van der Waals surface area contributed by atoms with Gasteiger partial charge in [0.2, 0.25) is 5.91 Å². The molecule has 0 bridgehead atoms. The van der Waals surface area contributed by atoms with Crippen molar-refractivity contribution < 1.29 is 29.3 Å². The molecule has 0 aromatic rings. The number of likely N-dealkylation sites (tertiary alicyclic amines) is 1. The standard InChI is InChI=1S/C15H24N2O6/c1-5-6-10(16-14(22)23-15(2,3)4)12(19)17-8-9(18)7-11(17)13(20)21/h5,9-11,18H,1,6-8H2,2-4H3,(H,16,22)(H,20,21)/t9-,10-,11-/m0/s1. The van der Waals surface area contributed by atoms with Crippen molar-refractivity contribution in [3.05, 3.63) is 12.7 Å². The number of ether oxygens (including phenoxy) is 1. The van der Waals surface area contributed by atoms with E-state index < -0.39 is 41.8 Å². The lowest BCUT2D eigenvalue weighted by molar-refractivity contribution is -0.149. The fourth-order valence-electron chi connectivity index (χ4n) is 2.33. The Morgan fingerprint density at radius 2 is 2.04 bits per heavy atom. The van der Waals surface area contributed by atoms with Gasteiger partial charge < -0.3 is 25.2 Å². The van der Waals surface area contributed by atoms with Crippen molar-refractivity contribution in [2.45, 2.75) is 57.4 Å². The lowest BCUT2D eigenvalue weighted by Crippen LogP contribution is -2.52. The number of carboxylic acids is 1. The van der Waals surface area contributed by atoms with E-state index >= 15 is 0 Å². The zero-order chi connectivity index (χ0) is 17.8. The molecule has 1 aliphatic rings. The van der Waals surface area contributed by atoms with E-state index in [1.54, 1.807) is 20.8 Å². The minimum atomic E-state index is -1.19. The number of hydrogen-bond donors (Lipinski definition) is 3. The molecule has 130 valence electrons. The molecular weight excluding hydrogens is 304 g/mol. The van der Waals surface area contributed by atoms with Gasteiger partial charge in [-0.15, -0.1) is 6.58 Å². The van der Waals surface area contributed by atoms with Crippen molar-refractivity contribution in [1.29, 1.82) is 0 Å². The minimum absolute atomic E-state index is 0.0334. The maximum absolute atomic E-state index is 12.5. The molecule has 1 aliphatic heterocycles. The Morgan fingerprint density at radius 1 is 1.43 bits per heavy atom. The van der Waals surface area contributed by atoms with Gasteiger partial charge in [-0.1, -0.05) is 6.08 Å². The van der Waals surface area contributed by atoms with Crippen LogP contribution in [-0.2, 0) is 14.3 Å². The van der Waals surface area contributed by atoms with Gasteiger partial charge in [-0.3, -0.25) is 4.79 Å². The Hall–Kier alpha value is -2.09. The van der Waals surface area contributed by atoms with Gasteiger partial charge >= 0.3 is 12.1 Å². The van der Waals surface area contributed by atoms with Crippen LogP contribution in [0.25, 0.3) is 0 Å². The fraction of sp³-hybridized carbons (Fsp3) is 0.667. The van der Waals surface area contributed by atoms with Gasteiger partial charge in [0, 0.05) is 13.0 Å². The van der Waals surface area contributed by atoms with Crippen LogP contribution in [0, 0.1) is 0 Å². The van der Waals surface area contributed by atoms with Crippen LogP contribution in [-0.4, -0.2) is 63.4 Å². The van der Waals surface area contributed by atoms with Crippen LogP contribution in [0.15, 0.2) is 12.7 Å². The quantitative estimate of drug-likeness (QED) is 0.633. The van der Waals surface area contributed by atoms with Gasteiger partial charge in [-0.25, -0.2) is 9.59 Å². The molecule has 2 amide bonds. The second kappa shape index (κ2) is 7.45. The Morgan fingerprint density at radius 3 is 2.52 bits per heavy atom. The average molecular weight is 328 g/mol. The zero-order valence-electron chi connectivity index (χ0n) is 13.6. The first-order chi connectivity index (χ1) is 10.5. The third-order valence-corrected chi connectivity index (χ3v) is 3.24. The number of aliphatic carboxylic acids is 1. The van der Waals surface area contributed by atoms with Crippen LogP contribution in [0.3, 0.4) is 0 Å². The predicted molar refractivity (Wildman–Crippen MR) is 81.7 cm³/mol. The molecular formula is C15H24N2O6. The van der Waals surface area contributed by atoms with E-state index in [1.807, 2.05) is 0 Å². The van der Waals surface area contributed by atoms with Crippen molar-refractivity contribution in [1.82, 2.24) is 10.2 Å². The predicted octanol–water partition coefficient (Wildman–Crippen LogP) is 0.502. The Bertz CT molecular complexity index is 485. The second-order valence-electron chi connectivity index (χ2n) is 6.46. The van der Waals surface area contributed by atoms with E-state index in [-0.39, 0.29) is 19.4 Å². The molecule has 1 saturated heterocycles. The number of carbonyl (C=O) groups is 3. The number of aliphatic hydroxyl groups excluding tert-OH is 1. The molecule has 23 heavy (non-hydrogen) atoms. The van der Waals surface area contributed by atoms with Crippen LogP contribution in [0.2, 0.25) is 0 Å². The highest BCUT2D eigenvalue weighted by Gasteiger charge is 2.41. The largest absolute Gasteiger partial charge is 0.480 e. The topological polar surface area (TPSA) is 116 Å². The lowest BCUT2D eigenvalue weighted by atomic mass is 10.1. The molecule has 3 atom stereocenters. The average Bonchev–Trinajstić information content (AvgIpc) is 2.77. The molecule has 1 fully saturated rings. The monoisotopic (exact) mass is 328 g/mol. The minimum Gasteiger partial charge on any atom is -0.480 e. The first kappa shape index (κ1) is 19.0. The number of nitrogens with one attached hydrogen (secondary N) is 1. The summed E-state index contributed by atoms with van der Waals surface area (Å²) in [6, 6.07) is -2.10. The van der Waals surface area contributed by atoms with E-state index in [9.17, 15) is 19.5 Å². The molecule has 0 aromatic carbocycles. The SMILES string of the molecule is C=CC[C@H](NC(=O)OC(C)(C)C)C(=O)N1C[C@@H](O)C[C@H]1C(=O)O. The van der Waals surface area contributed by atoms with E-state index in [1.165, 1.54) is 6.08 Å². The normalized spacial score (nSPS) is 22.3. The van der Waals surface area contributed by atoms with Crippen molar-refractivity contribution in [3.8, 4) is 0 Å². The Balaban J connectivity index is 2.83. The summed E-state index contributed by atoms with van der Waals surface area (Å²) >= 11 is 0. The van der Waals surface area contributed by atoms with Crippen LogP contribution < -0.4 is 5.32 Å². The lowest BCUT2D eigenvalue weighted by Gasteiger charge is -2.27. The molecule has 0 aliphatic carbocycles. The van der Waals surface area contributed by atoms with Crippen LogP contribution in [0.1, 0.15) is 33.6 Å². The molecule has 0 saturated carbocycles. The molecule has 0 unspecified atom stereocenters. The smallest absolute Gasteiger partial charge is 0.408 e. The number of β-amino-alcohol motifs (C(OH)–C–C–N with tert-alkyl or cyclic N) is 1. The van der Waals surface area contributed by atoms with Gasteiger partial charge in [0.05, 0.1) is 6.10 Å². The van der Waals surface area contributed by atoms with Gasteiger partial charge in [-0.05, 0) is 27.2 Å². The number of rotatable bonds is 5. The highest BCUT2D eigenvalue weighted by Crippen LogP contribution is 2.20. The number of amides is 2. The molecule has 8 heteroatoms. The highest BCUT2D eigenvalue weighted by atomic mass is 16.6. The van der Waals surface area contributed by atoms with Crippen molar-refractivity contribution in [2.24, 2.45) is 0 Å². The Kier molecular flexibility index (Phi) is 6.14. The molecule has 3 N–H and O–H groups in total.